The van der Waals surface area contributed by atoms with Crippen LogP contribution in [0.15, 0.2) is 42.5 Å². The first-order chi connectivity index (χ1) is 8.09. The van der Waals surface area contributed by atoms with Crippen molar-refractivity contribution < 1.29 is 0 Å². The Hall–Kier alpha value is -0.290. The SMILES string of the molecule is NC(c1ccccc1Cl)c1cc(Cl)ccc1I. The standard InChI is InChI=1S/C13H10Cl2IN/c14-8-5-6-12(16)10(7-8)13(17)9-3-1-2-4-11(9)15/h1-7,13H,17H2. The van der Waals surface area contributed by atoms with E-state index in [0.717, 1.165) is 14.7 Å². The highest BCUT2D eigenvalue weighted by Crippen LogP contribution is 2.30. The Morgan fingerprint density at radius 1 is 1.00 bits per heavy atom. The lowest BCUT2D eigenvalue weighted by Crippen LogP contribution is -2.13. The van der Waals surface area contributed by atoms with E-state index in [2.05, 4.69) is 22.6 Å². The highest BCUT2D eigenvalue weighted by molar-refractivity contribution is 14.1. The van der Waals surface area contributed by atoms with E-state index in [1.54, 1.807) is 0 Å². The molecule has 0 fully saturated rings. The van der Waals surface area contributed by atoms with Gasteiger partial charge >= 0.3 is 0 Å². The van der Waals surface area contributed by atoms with Crippen LogP contribution in [0.3, 0.4) is 0 Å². The normalized spacial score (nSPS) is 12.5. The maximum Gasteiger partial charge on any atom is 0.0577 e. The molecular weight excluding hydrogens is 368 g/mol. The van der Waals surface area contributed by atoms with Gasteiger partial charge in [-0.2, -0.15) is 0 Å². The van der Waals surface area contributed by atoms with Gasteiger partial charge in [0.2, 0.25) is 0 Å². The average molecular weight is 378 g/mol. The van der Waals surface area contributed by atoms with E-state index in [-0.39, 0.29) is 6.04 Å². The van der Waals surface area contributed by atoms with E-state index in [0.29, 0.717) is 10.0 Å². The van der Waals surface area contributed by atoms with E-state index in [9.17, 15) is 0 Å². The van der Waals surface area contributed by atoms with Gasteiger partial charge in [-0.1, -0.05) is 41.4 Å². The molecule has 4 heteroatoms. The molecule has 2 rings (SSSR count). The van der Waals surface area contributed by atoms with E-state index < -0.39 is 0 Å². The second-order valence-corrected chi connectivity index (χ2v) is 5.67. The minimum Gasteiger partial charge on any atom is -0.320 e. The predicted octanol–water partition coefficient (Wildman–Crippen LogP) is 4.65. The summed E-state index contributed by atoms with van der Waals surface area (Å²) < 4.78 is 1.08. The Bertz CT molecular complexity index is 543. The third-order valence-corrected chi connectivity index (χ3v) is 4.10. The fourth-order valence-corrected chi connectivity index (χ4v) is 2.75. The van der Waals surface area contributed by atoms with Gasteiger partial charge in [-0.15, -0.1) is 0 Å². The maximum absolute atomic E-state index is 6.24. The van der Waals surface area contributed by atoms with Gasteiger partial charge in [0.25, 0.3) is 0 Å². The zero-order valence-corrected chi connectivity index (χ0v) is 12.5. The number of hydrogen-bond acceptors (Lipinski definition) is 1. The van der Waals surface area contributed by atoms with Crippen LogP contribution in [0.25, 0.3) is 0 Å². The van der Waals surface area contributed by atoms with Gasteiger partial charge in [-0.05, 0) is 58.0 Å². The molecule has 0 aliphatic rings. The molecular formula is C13H10Cl2IN. The molecule has 0 bridgehead atoms. The zero-order valence-electron chi connectivity index (χ0n) is 8.83. The van der Waals surface area contributed by atoms with Crippen LogP contribution >= 0.6 is 45.8 Å². The lowest BCUT2D eigenvalue weighted by molar-refractivity contribution is 0.865. The van der Waals surface area contributed by atoms with Crippen LogP contribution in [0.2, 0.25) is 10.0 Å². The van der Waals surface area contributed by atoms with Gasteiger partial charge in [0.15, 0.2) is 0 Å². The Kier molecular flexibility index (Phi) is 4.31. The number of halogens is 3. The largest absolute Gasteiger partial charge is 0.320 e. The molecule has 2 aromatic rings. The summed E-state index contributed by atoms with van der Waals surface area (Å²) in [5, 5.41) is 1.36. The second-order valence-electron chi connectivity index (χ2n) is 3.67. The highest BCUT2D eigenvalue weighted by Gasteiger charge is 2.15. The molecule has 1 atom stereocenters. The van der Waals surface area contributed by atoms with Gasteiger partial charge < -0.3 is 5.73 Å². The monoisotopic (exact) mass is 377 g/mol. The topological polar surface area (TPSA) is 26.0 Å². The summed E-state index contributed by atoms with van der Waals surface area (Å²) in [7, 11) is 0. The van der Waals surface area contributed by atoms with Crippen molar-refractivity contribution in [3.8, 4) is 0 Å². The maximum atomic E-state index is 6.24. The number of nitrogens with two attached hydrogens (primary N) is 1. The molecule has 1 nitrogen and oxygen atoms in total. The Balaban J connectivity index is 2.47. The van der Waals surface area contributed by atoms with Crippen molar-refractivity contribution in [1.29, 1.82) is 0 Å². The molecule has 0 saturated heterocycles. The molecule has 0 radical (unpaired) electrons. The van der Waals surface area contributed by atoms with Gasteiger partial charge in [-0.3, -0.25) is 0 Å². The summed E-state index contributed by atoms with van der Waals surface area (Å²) >= 11 is 14.4. The van der Waals surface area contributed by atoms with E-state index in [1.165, 1.54) is 0 Å². The molecule has 1 unspecified atom stereocenters. The van der Waals surface area contributed by atoms with Crippen molar-refractivity contribution in [3.63, 3.8) is 0 Å². The summed E-state index contributed by atoms with van der Waals surface area (Å²) in [4.78, 5) is 0. The quantitative estimate of drug-likeness (QED) is 0.757. The molecule has 0 aliphatic heterocycles. The predicted molar refractivity (Wildman–Crippen MR) is 81.7 cm³/mol. The van der Waals surface area contributed by atoms with Gasteiger partial charge in [0, 0.05) is 13.6 Å². The van der Waals surface area contributed by atoms with Crippen LogP contribution in [-0.4, -0.2) is 0 Å². The number of benzene rings is 2. The minimum absolute atomic E-state index is 0.255. The van der Waals surface area contributed by atoms with E-state index in [1.807, 2.05) is 42.5 Å². The zero-order chi connectivity index (χ0) is 12.4. The molecule has 17 heavy (non-hydrogen) atoms. The lowest BCUT2D eigenvalue weighted by Gasteiger charge is -2.16. The van der Waals surface area contributed by atoms with Crippen molar-refractivity contribution in [2.75, 3.05) is 0 Å². The highest BCUT2D eigenvalue weighted by atomic mass is 127. The molecule has 0 aromatic heterocycles. The van der Waals surface area contributed by atoms with Gasteiger partial charge in [0.1, 0.15) is 0 Å². The molecule has 2 N–H and O–H groups in total. The minimum atomic E-state index is -0.255. The molecule has 0 aliphatic carbocycles. The van der Waals surface area contributed by atoms with Crippen LogP contribution in [0.1, 0.15) is 17.2 Å². The van der Waals surface area contributed by atoms with Crippen molar-refractivity contribution in [1.82, 2.24) is 0 Å². The Morgan fingerprint density at radius 2 is 1.71 bits per heavy atom. The summed E-state index contributed by atoms with van der Waals surface area (Å²) in [6.45, 7) is 0. The Labute approximate surface area is 124 Å². The smallest absolute Gasteiger partial charge is 0.0577 e. The third-order valence-electron chi connectivity index (χ3n) is 2.53. The summed E-state index contributed by atoms with van der Waals surface area (Å²) in [5.41, 5.74) is 8.14. The fourth-order valence-electron chi connectivity index (χ4n) is 1.65. The van der Waals surface area contributed by atoms with Crippen LogP contribution in [0.4, 0.5) is 0 Å². The average Bonchev–Trinajstić information content (AvgIpc) is 2.32. The summed E-state index contributed by atoms with van der Waals surface area (Å²) in [6, 6.07) is 13.0. The summed E-state index contributed by atoms with van der Waals surface area (Å²) in [5.74, 6) is 0. The van der Waals surface area contributed by atoms with Crippen LogP contribution < -0.4 is 5.73 Å². The molecule has 0 saturated carbocycles. The molecule has 2 aromatic carbocycles. The van der Waals surface area contributed by atoms with Crippen molar-refractivity contribution in [3.05, 3.63) is 67.2 Å². The first kappa shape index (κ1) is 13.1. The molecule has 88 valence electrons. The van der Waals surface area contributed by atoms with Crippen LogP contribution in [0, 0.1) is 3.57 Å². The first-order valence-electron chi connectivity index (χ1n) is 5.04. The van der Waals surface area contributed by atoms with E-state index in [4.69, 9.17) is 28.9 Å². The van der Waals surface area contributed by atoms with Crippen molar-refractivity contribution in [2.24, 2.45) is 5.73 Å². The summed E-state index contributed by atoms with van der Waals surface area (Å²) in [6.07, 6.45) is 0. The van der Waals surface area contributed by atoms with Gasteiger partial charge in [0.05, 0.1) is 6.04 Å². The van der Waals surface area contributed by atoms with Crippen molar-refractivity contribution in [2.45, 2.75) is 6.04 Å². The lowest BCUT2D eigenvalue weighted by atomic mass is 10.00. The second kappa shape index (κ2) is 5.57. The van der Waals surface area contributed by atoms with Crippen LogP contribution in [0.5, 0.6) is 0 Å². The van der Waals surface area contributed by atoms with Crippen LogP contribution in [-0.2, 0) is 0 Å². The van der Waals surface area contributed by atoms with Crippen molar-refractivity contribution >= 4 is 45.8 Å². The van der Waals surface area contributed by atoms with Gasteiger partial charge in [-0.25, -0.2) is 0 Å². The first-order valence-corrected chi connectivity index (χ1v) is 6.88. The fraction of sp³-hybridized carbons (Fsp3) is 0.0769. The number of rotatable bonds is 2. The van der Waals surface area contributed by atoms with E-state index >= 15 is 0 Å². The molecule has 0 spiro atoms. The number of hydrogen-bond donors (Lipinski definition) is 1. The molecule has 0 heterocycles. The molecule has 0 amide bonds. The third kappa shape index (κ3) is 2.94. The Morgan fingerprint density at radius 3 is 2.41 bits per heavy atom.